The molecule has 0 aliphatic heterocycles. The Hall–Kier alpha value is -3.18. The number of nitrogens with zero attached hydrogens (tertiary/aromatic N) is 3. The summed E-state index contributed by atoms with van der Waals surface area (Å²) in [6, 6.07) is 5.98. The topological polar surface area (TPSA) is 95.3 Å². The molecular weight excluding hydrogens is 412 g/mol. The predicted molar refractivity (Wildman–Crippen MR) is 121 cm³/mol. The van der Waals surface area contributed by atoms with Gasteiger partial charge in [0.1, 0.15) is 11.1 Å². The Kier molecular flexibility index (Phi) is 7.42. The minimum Gasteiger partial charge on any atom is -0.449 e. The Balaban J connectivity index is 1.63. The molecule has 1 aliphatic carbocycles. The van der Waals surface area contributed by atoms with Gasteiger partial charge in [-0.3, -0.25) is 9.78 Å². The highest BCUT2D eigenvalue weighted by molar-refractivity contribution is 7.16. The summed E-state index contributed by atoms with van der Waals surface area (Å²) in [6.45, 7) is 4.22. The number of aromatic nitrogens is 1. The third-order valence-electron chi connectivity index (χ3n) is 5.33. The highest BCUT2D eigenvalue weighted by Gasteiger charge is 2.27. The number of thiophene rings is 1. The van der Waals surface area contributed by atoms with Crippen LogP contribution >= 0.6 is 11.3 Å². The highest BCUT2D eigenvalue weighted by atomic mass is 32.1. The van der Waals surface area contributed by atoms with Crippen LogP contribution in [0.25, 0.3) is 6.08 Å². The molecule has 2 heterocycles. The van der Waals surface area contributed by atoms with Gasteiger partial charge in [-0.15, -0.1) is 11.3 Å². The third-order valence-corrected chi connectivity index (χ3v) is 6.50. The zero-order valence-electron chi connectivity index (χ0n) is 17.9. The third kappa shape index (κ3) is 5.70. The second-order valence-electron chi connectivity index (χ2n) is 7.82. The van der Waals surface area contributed by atoms with Crippen molar-refractivity contribution in [3.8, 4) is 6.07 Å². The fourth-order valence-corrected chi connectivity index (χ4v) is 4.62. The first-order chi connectivity index (χ1) is 14.9. The molecule has 2 aromatic heterocycles. The number of ether oxygens (including phenoxy) is 1. The number of carbonyl (C=O) groups is 2. The number of pyridine rings is 1. The number of nitrogens with one attached hydrogen (secondary N) is 1. The summed E-state index contributed by atoms with van der Waals surface area (Å²) in [4.78, 5) is 31.1. The van der Waals surface area contributed by atoms with Gasteiger partial charge in [-0.05, 0) is 62.3 Å². The van der Waals surface area contributed by atoms with Gasteiger partial charge in [0, 0.05) is 36.4 Å². The van der Waals surface area contributed by atoms with Gasteiger partial charge in [0.2, 0.25) is 5.91 Å². The van der Waals surface area contributed by atoms with Crippen LogP contribution in [-0.2, 0) is 22.4 Å². The van der Waals surface area contributed by atoms with E-state index in [0.717, 1.165) is 35.3 Å². The summed E-state index contributed by atoms with van der Waals surface area (Å²) in [5, 5.41) is 13.1. The van der Waals surface area contributed by atoms with Gasteiger partial charge in [-0.2, -0.15) is 5.26 Å². The van der Waals surface area contributed by atoms with E-state index in [0.29, 0.717) is 17.2 Å². The molecule has 1 aliphatic rings. The maximum Gasteiger partial charge on any atom is 0.409 e. The lowest BCUT2D eigenvalue weighted by Crippen LogP contribution is -2.35. The van der Waals surface area contributed by atoms with Crippen molar-refractivity contribution >= 4 is 34.4 Å². The van der Waals surface area contributed by atoms with E-state index in [2.05, 4.69) is 16.4 Å². The minimum absolute atomic E-state index is 0.0827. The number of rotatable bonds is 6. The lowest BCUT2D eigenvalue weighted by Gasteiger charge is -2.25. The van der Waals surface area contributed by atoms with E-state index in [1.807, 2.05) is 19.9 Å². The van der Waals surface area contributed by atoms with Gasteiger partial charge >= 0.3 is 6.09 Å². The molecule has 7 nitrogen and oxygen atoms in total. The van der Waals surface area contributed by atoms with Crippen LogP contribution in [0.1, 0.15) is 41.8 Å². The Morgan fingerprint density at radius 3 is 2.97 bits per heavy atom. The van der Waals surface area contributed by atoms with Crippen molar-refractivity contribution in [3.63, 3.8) is 0 Å². The van der Waals surface area contributed by atoms with E-state index in [1.165, 1.54) is 17.4 Å². The summed E-state index contributed by atoms with van der Waals surface area (Å²) in [5.74, 6) is -0.0858. The van der Waals surface area contributed by atoms with Crippen LogP contribution < -0.4 is 5.32 Å². The summed E-state index contributed by atoms with van der Waals surface area (Å²) >= 11 is 1.43. The van der Waals surface area contributed by atoms with E-state index in [9.17, 15) is 14.9 Å². The van der Waals surface area contributed by atoms with E-state index in [1.54, 1.807) is 36.5 Å². The first-order valence-corrected chi connectivity index (χ1v) is 11.0. The highest BCUT2D eigenvalue weighted by Crippen LogP contribution is 2.39. The molecule has 3 rings (SSSR count). The summed E-state index contributed by atoms with van der Waals surface area (Å²) in [5.41, 5.74) is 2.36. The van der Waals surface area contributed by atoms with Gasteiger partial charge in [0.15, 0.2) is 0 Å². The molecule has 0 aromatic carbocycles. The van der Waals surface area contributed by atoms with Crippen LogP contribution in [-0.4, -0.2) is 41.6 Å². The second kappa shape index (κ2) is 10.2. The summed E-state index contributed by atoms with van der Waals surface area (Å²) in [7, 11) is 1.72. The molecule has 1 atom stereocenters. The molecule has 2 aromatic rings. The molecule has 0 saturated carbocycles. The van der Waals surface area contributed by atoms with Crippen LogP contribution in [0.15, 0.2) is 30.6 Å². The second-order valence-corrected chi connectivity index (χ2v) is 8.92. The van der Waals surface area contributed by atoms with Gasteiger partial charge < -0.3 is 15.0 Å². The Morgan fingerprint density at radius 2 is 2.29 bits per heavy atom. The van der Waals surface area contributed by atoms with Crippen LogP contribution in [0.3, 0.4) is 0 Å². The van der Waals surface area contributed by atoms with E-state index >= 15 is 0 Å². The fourth-order valence-electron chi connectivity index (χ4n) is 3.30. The van der Waals surface area contributed by atoms with Crippen LogP contribution in [0.4, 0.5) is 9.80 Å². The van der Waals surface area contributed by atoms with Crippen molar-refractivity contribution in [3.05, 3.63) is 52.2 Å². The molecule has 2 amide bonds. The summed E-state index contributed by atoms with van der Waals surface area (Å²) in [6.07, 6.45) is 8.44. The lowest BCUT2D eigenvalue weighted by molar-refractivity contribution is -0.111. The zero-order valence-corrected chi connectivity index (χ0v) is 18.7. The number of nitriles is 1. The smallest absolute Gasteiger partial charge is 0.409 e. The first-order valence-electron chi connectivity index (χ1n) is 10.2. The number of anilines is 1. The molecule has 0 saturated heterocycles. The fraction of sp³-hybridized carbons (Fsp3) is 0.391. The quantitative estimate of drug-likeness (QED) is 0.681. The van der Waals surface area contributed by atoms with Gasteiger partial charge in [-0.25, -0.2) is 4.79 Å². The Morgan fingerprint density at radius 1 is 1.48 bits per heavy atom. The largest absolute Gasteiger partial charge is 0.449 e. The maximum absolute atomic E-state index is 12.3. The molecule has 0 radical (unpaired) electrons. The Bertz CT molecular complexity index is 1010. The van der Waals surface area contributed by atoms with E-state index in [-0.39, 0.29) is 24.0 Å². The molecule has 0 bridgehead atoms. The maximum atomic E-state index is 12.3. The number of fused-ring (bicyclic) bond motifs is 1. The lowest BCUT2D eigenvalue weighted by atomic mass is 9.88. The van der Waals surface area contributed by atoms with Crippen molar-refractivity contribution in [2.24, 2.45) is 5.92 Å². The number of hydrogen-bond donors (Lipinski definition) is 1. The molecule has 1 N–H and O–H groups in total. The van der Waals surface area contributed by atoms with Crippen molar-refractivity contribution in [1.29, 1.82) is 5.26 Å². The van der Waals surface area contributed by atoms with Crippen molar-refractivity contribution in [1.82, 2.24) is 9.88 Å². The molecular formula is C23H26N4O3S. The SMILES string of the molecule is CC(C)N(C)C(=O)OCC1CCc2c(sc(NC(=O)C=Cc3cccnc3)c2C#N)C1. The van der Waals surface area contributed by atoms with Crippen molar-refractivity contribution < 1.29 is 14.3 Å². The molecule has 31 heavy (non-hydrogen) atoms. The number of hydrogen-bond acceptors (Lipinski definition) is 6. The molecule has 0 fully saturated rings. The summed E-state index contributed by atoms with van der Waals surface area (Å²) < 4.78 is 5.46. The molecule has 0 spiro atoms. The normalized spacial score (nSPS) is 15.4. The number of carbonyl (C=O) groups excluding carboxylic acids is 2. The molecule has 162 valence electrons. The van der Waals surface area contributed by atoms with Crippen LogP contribution in [0.2, 0.25) is 0 Å². The van der Waals surface area contributed by atoms with Gasteiger partial charge in [0.05, 0.1) is 12.2 Å². The van der Waals surface area contributed by atoms with E-state index < -0.39 is 0 Å². The molecule has 8 heteroatoms. The van der Waals surface area contributed by atoms with Gasteiger partial charge in [-0.1, -0.05) is 6.07 Å². The monoisotopic (exact) mass is 438 g/mol. The van der Waals surface area contributed by atoms with Crippen molar-refractivity contribution in [2.45, 2.75) is 39.2 Å². The van der Waals surface area contributed by atoms with Crippen LogP contribution in [0, 0.1) is 17.2 Å². The number of amides is 2. The first kappa shape index (κ1) is 22.5. The van der Waals surface area contributed by atoms with Gasteiger partial charge in [0.25, 0.3) is 0 Å². The average molecular weight is 439 g/mol. The average Bonchev–Trinajstić information content (AvgIpc) is 3.12. The predicted octanol–water partition coefficient (Wildman–Crippen LogP) is 4.25. The van der Waals surface area contributed by atoms with Crippen LogP contribution in [0.5, 0.6) is 0 Å². The zero-order chi connectivity index (χ0) is 22.4. The minimum atomic E-state index is -0.321. The standard InChI is InChI=1S/C23H26N4O3S/c1-15(2)27(3)23(29)30-14-17-6-8-18-19(12-24)22(31-20(18)11-17)26-21(28)9-7-16-5-4-10-25-13-16/h4-5,7,9-10,13,15,17H,6,8,11,14H2,1-3H3,(H,26,28). The van der Waals surface area contributed by atoms with Crippen molar-refractivity contribution in [2.75, 3.05) is 19.0 Å². The van der Waals surface area contributed by atoms with E-state index in [4.69, 9.17) is 4.74 Å². The molecule has 1 unspecified atom stereocenters. The Labute approximate surface area is 186 Å².